The first-order valence-corrected chi connectivity index (χ1v) is 10.6. The summed E-state index contributed by atoms with van der Waals surface area (Å²) < 4.78 is 1.62. The standard InChI is InChI=1S/C22H21ClN8O2/c23-15-7-4-6-14(12-15)19-17(20-28-29-30-31(20)16-8-2-1-3-9-16)13-26-22(27-19)25-11-5-10-18(24)21(32)33/h1-4,6-9,12-13,18H,5,10-11,24H2,(H,32,33)(H,25,26,27). The average Bonchev–Trinajstić information content (AvgIpc) is 3.32. The van der Waals surface area contributed by atoms with Crippen molar-refractivity contribution in [3.63, 3.8) is 0 Å². The summed E-state index contributed by atoms with van der Waals surface area (Å²) in [5.41, 5.74) is 8.36. The summed E-state index contributed by atoms with van der Waals surface area (Å²) in [5.74, 6) is -0.151. The van der Waals surface area contributed by atoms with E-state index in [9.17, 15) is 4.79 Å². The number of halogens is 1. The number of benzene rings is 2. The second-order valence-electron chi connectivity index (χ2n) is 7.23. The second kappa shape index (κ2) is 10.2. The number of tetrazole rings is 1. The average molecular weight is 465 g/mol. The van der Waals surface area contributed by atoms with Gasteiger partial charge >= 0.3 is 5.97 Å². The molecule has 0 fully saturated rings. The third-order valence-electron chi connectivity index (χ3n) is 4.89. The quantitative estimate of drug-likeness (QED) is 0.318. The molecule has 2 aromatic carbocycles. The van der Waals surface area contributed by atoms with Gasteiger partial charge in [-0.25, -0.2) is 9.97 Å². The highest BCUT2D eigenvalue weighted by atomic mass is 35.5. The van der Waals surface area contributed by atoms with E-state index in [2.05, 4.69) is 30.8 Å². The lowest BCUT2D eigenvalue weighted by atomic mass is 10.1. The lowest BCUT2D eigenvalue weighted by molar-refractivity contribution is -0.138. The molecule has 0 bridgehead atoms. The highest BCUT2D eigenvalue weighted by Gasteiger charge is 2.19. The molecular weight excluding hydrogens is 444 g/mol. The zero-order valence-electron chi connectivity index (χ0n) is 17.5. The zero-order valence-corrected chi connectivity index (χ0v) is 18.2. The molecule has 33 heavy (non-hydrogen) atoms. The van der Waals surface area contributed by atoms with Gasteiger partial charge in [0.05, 0.1) is 16.9 Å². The number of para-hydroxylation sites is 1. The van der Waals surface area contributed by atoms with Crippen LogP contribution in [0, 0.1) is 0 Å². The smallest absolute Gasteiger partial charge is 0.320 e. The number of anilines is 1. The van der Waals surface area contributed by atoms with Crippen LogP contribution in [-0.4, -0.2) is 53.8 Å². The number of aliphatic carboxylic acids is 1. The lowest BCUT2D eigenvalue weighted by Gasteiger charge is -2.12. The number of hydrogen-bond acceptors (Lipinski definition) is 8. The molecule has 4 N–H and O–H groups in total. The minimum absolute atomic E-state index is 0.341. The van der Waals surface area contributed by atoms with Crippen LogP contribution in [0.5, 0.6) is 0 Å². The van der Waals surface area contributed by atoms with Gasteiger partial charge in [0, 0.05) is 23.3 Å². The molecule has 1 unspecified atom stereocenters. The third-order valence-corrected chi connectivity index (χ3v) is 5.13. The van der Waals surface area contributed by atoms with Gasteiger partial charge in [-0.05, 0) is 47.5 Å². The molecular formula is C22H21ClN8O2. The van der Waals surface area contributed by atoms with E-state index in [0.29, 0.717) is 47.4 Å². The van der Waals surface area contributed by atoms with Gasteiger partial charge in [-0.3, -0.25) is 4.79 Å². The predicted molar refractivity (Wildman–Crippen MR) is 124 cm³/mol. The molecule has 1 atom stereocenters. The van der Waals surface area contributed by atoms with Crippen molar-refractivity contribution in [2.75, 3.05) is 11.9 Å². The van der Waals surface area contributed by atoms with Crippen LogP contribution >= 0.6 is 11.6 Å². The van der Waals surface area contributed by atoms with Gasteiger partial charge in [0.1, 0.15) is 6.04 Å². The van der Waals surface area contributed by atoms with Crippen molar-refractivity contribution in [3.05, 3.63) is 65.8 Å². The topological polar surface area (TPSA) is 145 Å². The fourth-order valence-corrected chi connectivity index (χ4v) is 3.42. The Morgan fingerprint density at radius 2 is 2.00 bits per heavy atom. The predicted octanol–water partition coefficient (Wildman–Crippen LogP) is 3.04. The summed E-state index contributed by atoms with van der Waals surface area (Å²) in [4.78, 5) is 20.0. The zero-order chi connectivity index (χ0) is 23.2. The largest absolute Gasteiger partial charge is 0.480 e. The molecule has 0 saturated heterocycles. The number of nitrogens with two attached hydrogens (primary N) is 1. The fraction of sp³-hybridized carbons (Fsp3) is 0.182. The number of rotatable bonds is 9. The van der Waals surface area contributed by atoms with Gasteiger partial charge in [-0.1, -0.05) is 41.9 Å². The van der Waals surface area contributed by atoms with Crippen molar-refractivity contribution >= 4 is 23.5 Å². The number of carboxylic acids is 1. The molecule has 0 amide bonds. The highest BCUT2D eigenvalue weighted by molar-refractivity contribution is 6.30. The van der Waals surface area contributed by atoms with E-state index >= 15 is 0 Å². The van der Waals surface area contributed by atoms with Gasteiger partial charge in [0.25, 0.3) is 0 Å². The van der Waals surface area contributed by atoms with Crippen LogP contribution in [0.2, 0.25) is 5.02 Å². The van der Waals surface area contributed by atoms with Crippen LogP contribution < -0.4 is 11.1 Å². The maximum atomic E-state index is 10.9. The van der Waals surface area contributed by atoms with Crippen molar-refractivity contribution < 1.29 is 9.90 Å². The van der Waals surface area contributed by atoms with E-state index in [4.69, 9.17) is 22.4 Å². The molecule has 0 radical (unpaired) electrons. The first-order chi connectivity index (χ1) is 16.0. The summed E-state index contributed by atoms with van der Waals surface area (Å²) in [6, 6.07) is 15.9. The van der Waals surface area contributed by atoms with E-state index < -0.39 is 12.0 Å². The van der Waals surface area contributed by atoms with Gasteiger partial charge < -0.3 is 16.2 Å². The van der Waals surface area contributed by atoms with E-state index in [0.717, 1.165) is 11.3 Å². The van der Waals surface area contributed by atoms with Crippen LogP contribution in [0.15, 0.2) is 60.8 Å². The molecule has 11 heteroatoms. The molecule has 0 aliphatic heterocycles. The molecule has 168 valence electrons. The minimum Gasteiger partial charge on any atom is -0.480 e. The molecule has 10 nitrogen and oxygen atoms in total. The van der Waals surface area contributed by atoms with E-state index in [1.165, 1.54) is 0 Å². The maximum absolute atomic E-state index is 10.9. The Kier molecular flexibility index (Phi) is 6.86. The van der Waals surface area contributed by atoms with Crippen LogP contribution in [-0.2, 0) is 4.79 Å². The van der Waals surface area contributed by atoms with E-state index in [1.807, 2.05) is 42.5 Å². The third kappa shape index (κ3) is 5.30. The summed E-state index contributed by atoms with van der Waals surface area (Å²) in [6.07, 6.45) is 2.55. The van der Waals surface area contributed by atoms with Crippen molar-refractivity contribution in [1.82, 2.24) is 30.2 Å². The molecule has 0 aliphatic rings. The van der Waals surface area contributed by atoms with E-state index in [1.54, 1.807) is 23.0 Å². The molecule has 0 saturated carbocycles. The van der Waals surface area contributed by atoms with Crippen LogP contribution in [0.1, 0.15) is 12.8 Å². The number of nitrogens with zero attached hydrogens (tertiary/aromatic N) is 6. The van der Waals surface area contributed by atoms with Crippen LogP contribution in [0.25, 0.3) is 28.3 Å². The van der Waals surface area contributed by atoms with Crippen molar-refractivity contribution in [3.8, 4) is 28.3 Å². The Morgan fingerprint density at radius 3 is 2.76 bits per heavy atom. The second-order valence-corrected chi connectivity index (χ2v) is 7.67. The van der Waals surface area contributed by atoms with Gasteiger partial charge in [-0.2, -0.15) is 4.68 Å². The lowest BCUT2D eigenvalue weighted by Crippen LogP contribution is -2.30. The molecule has 4 rings (SSSR count). The van der Waals surface area contributed by atoms with Gasteiger partial charge in [0.2, 0.25) is 5.95 Å². The van der Waals surface area contributed by atoms with Gasteiger partial charge in [-0.15, -0.1) is 5.10 Å². The first kappa shape index (κ1) is 22.3. The SMILES string of the molecule is NC(CCCNc1ncc(-c2nnnn2-c2ccccc2)c(-c2cccc(Cl)c2)n1)C(=O)O. The monoisotopic (exact) mass is 464 g/mol. The van der Waals surface area contributed by atoms with Crippen LogP contribution in [0.3, 0.4) is 0 Å². The Hall–Kier alpha value is -3.89. The number of carbonyl (C=O) groups is 1. The normalized spacial score (nSPS) is 11.8. The molecule has 0 spiro atoms. The van der Waals surface area contributed by atoms with Crippen molar-refractivity contribution in [1.29, 1.82) is 0 Å². The number of nitrogens with one attached hydrogen (secondary N) is 1. The summed E-state index contributed by atoms with van der Waals surface area (Å²) >= 11 is 6.23. The first-order valence-electron chi connectivity index (χ1n) is 10.2. The Labute approximate surface area is 194 Å². The Bertz CT molecular complexity index is 1250. The van der Waals surface area contributed by atoms with Crippen molar-refractivity contribution in [2.45, 2.75) is 18.9 Å². The molecule has 4 aromatic rings. The molecule has 0 aliphatic carbocycles. The summed E-state index contributed by atoms with van der Waals surface area (Å²) in [6.45, 7) is 0.469. The summed E-state index contributed by atoms with van der Waals surface area (Å²) in [5, 5.41) is 24.8. The maximum Gasteiger partial charge on any atom is 0.320 e. The minimum atomic E-state index is -1.02. The highest BCUT2D eigenvalue weighted by Crippen LogP contribution is 2.31. The Balaban J connectivity index is 1.67. The van der Waals surface area contributed by atoms with Crippen molar-refractivity contribution in [2.24, 2.45) is 5.73 Å². The number of carboxylic acid groups (broad SMARTS) is 1. The summed E-state index contributed by atoms with van der Waals surface area (Å²) in [7, 11) is 0. The van der Waals surface area contributed by atoms with Gasteiger partial charge in [0.15, 0.2) is 5.82 Å². The number of hydrogen-bond donors (Lipinski definition) is 3. The Morgan fingerprint density at radius 1 is 1.18 bits per heavy atom. The van der Waals surface area contributed by atoms with Crippen LogP contribution in [0.4, 0.5) is 5.95 Å². The van der Waals surface area contributed by atoms with E-state index in [-0.39, 0.29) is 0 Å². The molecule has 2 aromatic heterocycles. The molecule has 2 heterocycles. The fourth-order valence-electron chi connectivity index (χ4n) is 3.23. The number of aromatic nitrogens is 6.